The molecule has 0 aliphatic carbocycles. The number of rotatable bonds is 1. The summed E-state index contributed by atoms with van der Waals surface area (Å²) in [5.41, 5.74) is 3.38. The lowest BCUT2D eigenvalue weighted by molar-refractivity contribution is 0.590. The Hall–Kier alpha value is -1.32. The molecule has 1 aromatic carbocycles. The standard InChI is InChI=1S/C14H16ClN3/c1-10-2-3-13-11(8-10)14(12(15)9-17-13)18-6-4-16-5-7-18/h2-3,8-9,16H,4-7H2,1H3. The summed E-state index contributed by atoms with van der Waals surface area (Å²) in [4.78, 5) is 6.75. The van der Waals surface area contributed by atoms with Crippen LogP contribution in [0.25, 0.3) is 10.9 Å². The van der Waals surface area contributed by atoms with Crippen LogP contribution in [-0.4, -0.2) is 31.2 Å². The minimum atomic E-state index is 0.745. The minimum Gasteiger partial charge on any atom is -0.367 e. The molecule has 4 heteroatoms. The number of fused-ring (bicyclic) bond motifs is 1. The molecule has 3 rings (SSSR count). The van der Waals surface area contributed by atoms with Gasteiger partial charge < -0.3 is 10.2 Å². The number of nitrogens with zero attached hydrogens (tertiary/aromatic N) is 2. The third kappa shape index (κ3) is 2.04. The molecule has 3 nitrogen and oxygen atoms in total. The largest absolute Gasteiger partial charge is 0.367 e. The average Bonchev–Trinajstić information content (AvgIpc) is 2.39. The minimum absolute atomic E-state index is 0.745. The van der Waals surface area contributed by atoms with Gasteiger partial charge in [-0.3, -0.25) is 4.98 Å². The van der Waals surface area contributed by atoms with Crippen LogP contribution in [-0.2, 0) is 0 Å². The molecule has 18 heavy (non-hydrogen) atoms. The van der Waals surface area contributed by atoms with Crippen LogP contribution < -0.4 is 10.2 Å². The molecule has 1 saturated heterocycles. The Kier molecular flexibility index (Phi) is 3.10. The van der Waals surface area contributed by atoms with E-state index in [9.17, 15) is 0 Å². The van der Waals surface area contributed by atoms with Crippen molar-refractivity contribution in [3.05, 3.63) is 35.0 Å². The Morgan fingerprint density at radius 3 is 2.83 bits per heavy atom. The van der Waals surface area contributed by atoms with Crippen LogP contribution in [0.2, 0.25) is 5.02 Å². The zero-order valence-corrected chi connectivity index (χ0v) is 11.2. The molecule has 1 aliphatic rings. The first-order chi connectivity index (χ1) is 8.75. The molecule has 94 valence electrons. The molecular weight excluding hydrogens is 246 g/mol. The van der Waals surface area contributed by atoms with Crippen LogP contribution in [0.1, 0.15) is 5.56 Å². The highest BCUT2D eigenvalue weighted by atomic mass is 35.5. The van der Waals surface area contributed by atoms with Crippen molar-refractivity contribution in [1.29, 1.82) is 0 Å². The van der Waals surface area contributed by atoms with Gasteiger partial charge in [0.15, 0.2) is 0 Å². The second-order valence-electron chi connectivity index (χ2n) is 4.71. The first-order valence-electron chi connectivity index (χ1n) is 6.26. The van der Waals surface area contributed by atoms with Crippen molar-refractivity contribution in [3.63, 3.8) is 0 Å². The third-order valence-corrected chi connectivity index (χ3v) is 3.66. The number of piperazine rings is 1. The highest BCUT2D eigenvalue weighted by Gasteiger charge is 2.17. The zero-order chi connectivity index (χ0) is 12.5. The van der Waals surface area contributed by atoms with Crippen molar-refractivity contribution < 1.29 is 0 Å². The number of pyridine rings is 1. The molecule has 0 atom stereocenters. The van der Waals surface area contributed by atoms with E-state index in [4.69, 9.17) is 11.6 Å². The first-order valence-corrected chi connectivity index (χ1v) is 6.64. The van der Waals surface area contributed by atoms with Crippen molar-refractivity contribution in [2.24, 2.45) is 0 Å². The van der Waals surface area contributed by atoms with Crippen LogP contribution in [0.15, 0.2) is 24.4 Å². The Morgan fingerprint density at radius 1 is 1.28 bits per heavy atom. The number of anilines is 1. The van der Waals surface area contributed by atoms with Crippen molar-refractivity contribution in [2.45, 2.75) is 6.92 Å². The summed E-state index contributed by atoms with van der Waals surface area (Å²) in [6.07, 6.45) is 1.76. The van der Waals surface area contributed by atoms with Gasteiger partial charge in [0.05, 0.1) is 16.2 Å². The number of aryl methyl sites for hydroxylation is 1. The summed E-state index contributed by atoms with van der Waals surface area (Å²) in [6.45, 7) is 6.10. The van der Waals surface area contributed by atoms with Crippen molar-refractivity contribution in [3.8, 4) is 0 Å². The SMILES string of the molecule is Cc1ccc2ncc(Cl)c(N3CCNCC3)c2c1. The topological polar surface area (TPSA) is 28.2 Å². The molecule has 1 N–H and O–H groups in total. The molecule has 1 aromatic heterocycles. The second-order valence-corrected chi connectivity index (χ2v) is 5.12. The Labute approximate surface area is 112 Å². The summed E-state index contributed by atoms with van der Waals surface area (Å²) in [5.74, 6) is 0. The molecule has 2 aromatic rings. The smallest absolute Gasteiger partial charge is 0.0829 e. The molecular formula is C14H16ClN3. The van der Waals surface area contributed by atoms with Gasteiger partial charge in [-0.15, -0.1) is 0 Å². The van der Waals surface area contributed by atoms with Gasteiger partial charge in [0.1, 0.15) is 0 Å². The highest BCUT2D eigenvalue weighted by Crippen LogP contribution is 2.33. The van der Waals surface area contributed by atoms with Crippen LogP contribution in [0.3, 0.4) is 0 Å². The molecule has 2 heterocycles. The zero-order valence-electron chi connectivity index (χ0n) is 10.4. The average molecular weight is 262 g/mol. The third-order valence-electron chi connectivity index (χ3n) is 3.38. The molecule has 0 bridgehead atoms. The lowest BCUT2D eigenvalue weighted by Crippen LogP contribution is -2.43. The first kappa shape index (κ1) is 11.8. The molecule has 0 saturated carbocycles. The summed E-state index contributed by atoms with van der Waals surface area (Å²) in [6, 6.07) is 6.32. The van der Waals surface area contributed by atoms with Crippen LogP contribution in [0.4, 0.5) is 5.69 Å². The summed E-state index contributed by atoms with van der Waals surface area (Å²) in [7, 11) is 0. The van der Waals surface area contributed by atoms with Crippen LogP contribution in [0.5, 0.6) is 0 Å². The van der Waals surface area contributed by atoms with E-state index in [0.717, 1.165) is 47.8 Å². The number of hydrogen-bond donors (Lipinski definition) is 1. The number of benzene rings is 1. The number of aromatic nitrogens is 1. The molecule has 1 fully saturated rings. The van der Waals surface area contributed by atoms with E-state index >= 15 is 0 Å². The van der Waals surface area contributed by atoms with Crippen molar-refractivity contribution in [1.82, 2.24) is 10.3 Å². The monoisotopic (exact) mass is 261 g/mol. The normalized spacial score (nSPS) is 16.2. The van der Waals surface area contributed by atoms with E-state index in [2.05, 4.69) is 40.3 Å². The Bertz CT molecular complexity index is 571. The van der Waals surface area contributed by atoms with Gasteiger partial charge in [-0.25, -0.2) is 0 Å². The fourth-order valence-electron chi connectivity index (χ4n) is 2.48. The van der Waals surface area contributed by atoms with Crippen LogP contribution in [0, 0.1) is 6.92 Å². The van der Waals surface area contributed by atoms with E-state index in [0.29, 0.717) is 0 Å². The molecule has 0 unspecified atom stereocenters. The highest BCUT2D eigenvalue weighted by molar-refractivity contribution is 6.34. The number of halogens is 1. The lowest BCUT2D eigenvalue weighted by atomic mass is 10.1. The van der Waals surface area contributed by atoms with Crippen LogP contribution >= 0.6 is 11.6 Å². The van der Waals surface area contributed by atoms with Gasteiger partial charge >= 0.3 is 0 Å². The predicted molar refractivity (Wildman–Crippen MR) is 76.6 cm³/mol. The quantitative estimate of drug-likeness (QED) is 0.855. The fraction of sp³-hybridized carbons (Fsp3) is 0.357. The second kappa shape index (κ2) is 4.75. The van der Waals surface area contributed by atoms with Gasteiger partial charge in [0.25, 0.3) is 0 Å². The van der Waals surface area contributed by atoms with Crippen molar-refractivity contribution >= 4 is 28.2 Å². The van der Waals surface area contributed by atoms with E-state index in [-0.39, 0.29) is 0 Å². The summed E-state index contributed by atoms with van der Waals surface area (Å²) < 4.78 is 0. The lowest BCUT2D eigenvalue weighted by Gasteiger charge is -2.31. The van der Waals surface area contributed by atoms with Gasteiger partial charge in [-0.1, -0.05) is 23.2 Å². The molecule has 0 spiro atoms. The molecule has 0 amide bonds. The summed E-state index contributed by atoms with van der Waals surface area (Å²) >= 11 is 6.36. The van der Waals surface area contributed by atoms with Gasteiger partial charge in [-0.05, 0) is 19.1 Å². The van der Waals surface area contributed by atoms with E-state index in [1.807, 2.05) is 0 Å². The Morgan fingerprint density at radius 2 is 2.06 bits per heavy atom. The number of nitrogens with one attached hydrogen (secondary N) is 1. The van der Waals surface area contributed by atoms with Crippen molar-refractivity contribution in [2.75, 3.05) is 31.1 Å². The fourth-order valence-corrected chi connectivity index (χ4v) is 2.75. The van der Waals surface area contributed by atoms with Gasteiger partial charge in [0.2, 0.25) is 0 Å². The Balaban J connectivity index is 2.18. The summed E-state index contributed by atoms with van der Waals surface area (Å²) in [5, 5.41) is 5.27. The maximum absolute atomic E-state index is 6.36. The van der Waals surface area contributed by atoms with Gasteiger partial charge in [-0.2, -0.15) is 0 Å². The van der Waals surface area contributed by atoms with E-state index < -0.39 is 0 Å². The van der Waals surface area contributed by atoms with Gasteiger partial charge in [0, 0.05) is 37.8 Å². The maximum atomic E-state index is 6.36. The van der Waals surface area contributed by atoms with E-state index in [1.54, 1.807) is 6.20 Å². The maximum Gasteiger partial charge on any atom is 0.0829 e. The number of hydrogen-bond acceptors (Lipinski definition) is 3. The predicted octanol–water partition coefficient (Wildman–Crippen LogP) is 2.61. The van der Waals surface area contributed by atoms with E-state index in [1.165, 1.54) is 5.56 Å². The molecule has 1 aliphatic heterocycles. The molecule has 0 radical (unpaired) electrons.